The minimum Gasteiger partial charge on any atom is -0.368 e. The summed E-state index contributed by atoms with van der Waals surface area (Å²) in [7, 11) is 0. The number of hydrogen-bond donors (Lipinski definition) is 1. The van der Waals surface area contributed by atoms with Gasteiger partial charge in [0.25, 0.3) is 0 Å². The molecule has 4 heteroatoms. The van der Waals surface area contributed by atoms with Crippen molar-refractivity contribution in [1.29, 1.82) is 0 Å². The monoisotopic (exact) mass is 275 g/mol. The fourth-order valence-corrected chi connectivity index (χ4v) is 2.52. The molecule has 0 bridgehead atoms. The van der Waals surface area contributed by atoms with Gasteiger partial charge in [-0.15, -0.1) is 0 Å². The summed E-state index contributed by atoms with van der Waals surface area (Å²) in [6.07, 6.45) is 0. The fraction of sp³-hybridized carbons (Fsp3) is 0.562. The number of benzene rings is 1. The van der Waals surface area contributed by atoms with E-state index in [9.17, 15) is 4.79 Å². The van der Waals surface area contributed by atoms with Crippen molar-refractivity contribution in [3.63, 3.8) is 0 Å². The molecular formula is C16H25N3O. The van der Waals surface area contributed by atoms with E-state index in [4.69, 9.17) is 0 Å². The molecular weight excluding hydrogens is 250 g/mol. The Kier molecular flexibility index (Phi) is 5.01. The van der Waals surface area contributed by atoms with Crippen molar-refractivity contribution in [2.24, 2.45) is 0 Å². The standard InChI is InChI=1S/C16H25N3O/c1-13(2)17-12-16(20)19-10-8-18(9-11-19)15-7-5-4-6-14(15)3/h4-7,13,17H,8-12H2,1-3H3. The molecule has 0 atom stereocenters. The lowest BCUT2D eigenvalue weighted by atomic mass is 10.1. The Morgan fingerprint density at radius 2 is 1.85 bits per heavy atom. The lowest BCUT2D eigenvalue weighted by Crippen LogP contribution is -2.51. The highest BCUT2D eigenvalue weighted by Crippen LogP contribution is 2.20. The number of hydrogen-bond acceptors (Lipinski definition) is 3. The SMILES string of the molecule is Cc1ccccc1N1CCN(C(=O)CNC(C)C)CC1. The van der Waals surface area contributed by atoms with E-state index in [0.29, 0.717) is 12.6 Å². The molecule has 1 fully saturated rings. The van der Waals surface area contributed by atoms with Crippen LogP contribution in [0, 0.1) is 6.92 Å². The van der Waals surface area contributed by atoms with E-state index < -0.39 is 0 Å². The van der Waals surface area contributed by atoms with E-state index in [-0.39, 0.29) is 5.91 Å². The second kappa shape index (κ2) is 6.75. The van der Waals surface area contributed by atoms with E-state index in [1.165, 1.54) is 11.3 Å². The van der Waals surface area contributed by atoms with Crippen molar-refractivity contribution in [3.8, 4) is 0 Å². The molecule has 0 aliphatic carbocycles. The quantitative estimate of drug-likeness (QED) is 0.907. The first kappa shape index (κ1) is 14.9. The predicted molar refractivity (Wildman–Crippen MR) is 83.1 cm³/mol. The molecule has 0 radical (unpaired) electrons. The second-order valence-corrected chi connectivity index (χ2v) is 5.69. The molecule has 1 amide bonds. The van der Waals surface area contributed by atoms with Gasteiger partial charge in [-0.25, -0.2) is 0 Å². The van der Waals surface area contributed by atoms with Crippen molar-refractivity contribution in [3.05, 3.63) is 29.8 Å². The van der Waals surface area contributed by atoms with Crippen LogP contribution in [0.3, 0.4) is 0 Å². The van der Waals surface area contributed by atoms with Crippen molar-refractivity contribution in [2.45, 2.75) is 26.8 Å². The fourth-order valence-electron chi connectivity index (χ4n) is 2.52. The van der Waals surface area contributed by atoms with Crippen molar-refractivity contribution in [2.75, 3.05) is 37.6 Å². The third kappa shape index (κ3) is 3.73. The van der Waals surface area contributed by atoms with Gasteiger partial charge in [0.2, 0.25) is 5.91 Å². The zero-order chi connectivity index (χ0) is 14.5. The van der Waals surface area contributed by atoms with Gasteiger partial charge in [0, 0.05) is 37.9 Å². The molecule has 1 heterocycles. The number of para-hydroxylation sites is 1. The van der Waals surface area contributed by atoms with Crippen LogP contribution in [0.1, 0.15) is 19.4 Å². The van der Waals surface area contributed by atoms with Gasteiger partial charge >= 0.3 is 0 Å². The predicted octanol–water partition coefficient (Wildman–Crippen LogP) is 1.64. The van der Waals surface area contributed by atoms with Crippen molar-refractivity contribution >= 4 is 11.6 Å². The van der Waals surface area contributed by atoms with Gasteiger partial charge in [-0.3, -0.25) is 4.79 Å². The number of carbonyl (C=O) groups is 1. The average molecular weight is 275 g/mol. The second-order valence-electron chi connectivity index (χ2n) is 5.69. The molecule has 0 unspecified atom stereocenters. The van der Waals surface area contributed by atoms with Crippen LogP contribution in [0.25, 0.3) is 0 Å². The van der Waals surface area contributed by atoms with Gasteiger partial charge in [0.1, 0.15) is 0 Å². The number of piperazine rings is 1. The molecule has 110 valence electrons. The Bertz CT molecular complexity index is 451. The highest BCUT2D eigenvalue weighted by molar-refractivity contribution is 5.78. The van der Waals surface area contributed by atoms with E-state index in [1.807, 2.05) is 4.90 Å². The number of amides is 1. The van der Waals surface area contributed by atoms with Crippen LogP contribution in [-0.2, 0) is 4.79 Å². The summed E-state index contributed by atoms with van der Waals surface area (Å²) in [6, 6.07) is 8.79. The summed E-state index contributed by atoms with van der Waals surface area (Å²) in [5.74, 6) is 0.211. The minimum absolute atomic E-state index is 0.211. The van der Waals surface area contributed by atoms with Crippen LogP contribution in [0.5, 0.6) is 0 Å². The first-order valence-corrected chi connectivity index (χ1v) is 7.39. The summed E-state index contributed by atoms with van der Waals surface area (Å²) in [6.45, 7) is 10.2. The van der Waals surface area contributed by atoms with E-state index in [0.717, 1.165) is 26.2 Å². The molecule has 0 spiro atoms. The highest BCUT2D eigenvalue weighted by Gasteiger charge is 2.21. The molecule has 0 saturated carbocycles. The van der Waals surface area contributed by atoms with Gasteiger partial charge in [-0.2, -0.15) is 0 Å². The van der Waals surface area contributed by atoms with Crippen LogP contribution in [0.15, 0.2) is 24.3 Å². The van der Waals surface area contributed by atoms with Gasteiger partial charge in [0.05, 0.1) is 6.54 Å². The summed E-state index contributed by atoms with van der Waals surface area (Å²) in [4.78, 5) is 16.4. The van der Waals surface area contributed by atoms with E-state index in [1.54, 1.807) is 0 Å². The third-order valence-electron chi connectivity index (χ3n) is 3.75. The van der Waals surface area contributed by atoms with Gasteiger partial charge in [0.15, 0.2) is 0 Å². The maximum atomic E-state index is 12.1. The third-order valence-corrected chi connectivity index (χ3v) is 3.75. The Morgan fingerprint density at radius 3 is 2.45 bits per heavy atom. The summed E-state index contributed by atoms with van der Waals surface area (Å²) < 4.78 is 0. The Morgan fingerprint density at radius 1 is 1.20 bits per heavy atom. The van der Waals surface area contributed by atoms with Crippen molar-refractivity contribution in [1.82, 2.24) is 10.2 Å². The Hall–Kier alpha value is -1.55. The number of aryl methyl sites for hydroxylation is 1. The van der Waals surface area contributed by atoms with Gasteiger partial charge < -0.3 is 15.1 Å². The summed E-state index contributed by atoms with van der Waals surface area (Å²) in [5, 5.41) is 3.19. The van der Waals surface area contributed by atoms with Gasteiger partial charge in [-0.1, -0.05) is 32.0 Å². The molecule has 1 aliphatic rings. The molecule has 20 heavy (non-hydrogen) atoms. The smallest absolute Gasteiger partial charge is 0.236 e. The normalized spacial score (nSPS) is 15.8. The van der Waals surface area contributed by atoms with Crippen LogP contribution >= 0.6 is 0 Å². The van der Waals surface area contributed by atoms with Gasteiger partial charge in [-0.05, 0) is 18.6 Å². The lowest BCUT2D eigenvalue weighted by Gasteiger charge is -2.37. The molecule has 2 rings (SSSR count). The van der Waals surface area contributed by atoms with Crippen LogP contribution in [0.2, 0.25) is 0 Å². The van der Waals surface area contributed by atoms with E-state index >= 15 is 0 Å². The maximum absolute atomic E-state index is 12.1. The molecule has 1 aromatic carbocycles. The number of nitrogens with zero attached hydrogens (tertiary/aromatic N) is 2. The van der Waals surface area contributed by atoms with Crippen LogP contribution < -0.4 is 10.2 Å². The maximum Gasteiger partial charge on any atom is 0.236 e. The molecule has 1 aliphatic heterocycles. The number of nitrogens with one attached hydrogen (secondary N) is 1. The topological polar surface area (TPSA) is 35.6 Å². The molecule has 1 aromatic rings. The molecule has 0 aromatic heterocycles. The number of rotatable bonds is 4. The highest BCUT2D eigenvalue weighted by atomic mass is 16.2. The average Bonchev–Trinajstić information content (AvgIpc) is 2.45. The molecule has 1 saturated heterocycles. The first-order chi connectivity index (χ1) is 9.58. The Balaban J connectivity index is 1.86. The number of anilines is 1. The summed E-state index contributed by atoms with van der Waals surface area (Å²) in [5.41, 5.74) is 2.59. The Labute approximate surface area is 121 Å². The zero-order valence-electron chi connectivity index (χ0n) is 12.7. The van der Waals surface area contributed by atoms with Crippen LogP contribution in [-0.4, -0.2) is 49.6 Å². The lowest BCUT2D eigenvalue weighted by molar-refractivity contribution is -0.130. The summed E-state index contributed by atoms with van der Waals surface area (Å²) >= 11 is 0. The zero-order valence-corrected chi connectivity index (χ0v) is 12.7. The number of carbonyl (C=O) groups excluding carboxylic acids is 1. The molecule has 1 N–H and O–H groups in total. The largest absolute Gasteiger partial charge is 0.368 e. The first-order valence-electron chi connectivity index (χ1n) is 7.39. The van der Waals surface area contributed by atoms with Crippen LogP contribution in [0.4, 0.5) is 5.69 Å². The van der Waals surface area contributed by atoms with Crippen molar-refractivity contribution < 1.29 is 4.79 Å². The minimum atomic E-state index is 0.211. The molecule has 4 nitrogen and oxygen atoms in total. The van der Waals surface area contributed by atoms with E-state index in [2.05, 4.69) is 55.3 Å².